The second kappa shape index (κ2) is 10.1. The molecule has 6 rings (SSSR count). The molecule has 5 aromatic rings. The molecule has 1 aliphatic heterocycles. The second-order valence-corrected chi connectivity index (χ2v) is 11.7. The maximum atomic E-state index is 7.18. The molecule has 5 aromatic carbocycles. The van der Waals surface area contributed by atoms with Gasteiger partial charge in [0.05, 0.1) is 7.11 Å². The smallest absolute Gasteiger partial charge is 0.179 e. The monoisotopic (exact) mass is 628 g/mol. The Morgan fingerprint density at radius 2 is 1.27 bits per heavy atom. The molecule has 2 nitrogen and oxygen atoms in total. The van der Waals surface area contributed by atoms with Gasteiger partial charge < -0.3 is 9.47 Å². The van der Waals surface area contributed by atoms with Crippen LogP contribution in [0, 0.1) is 0 Å². The first kappa shape index (κ1) is 24.4. The highest BCUT2D eigenvalue weighted by atomic mass is 79.9. The van der Waals surface area contributed by atoms with Crippen LogP contribution in [-0.4, -0.2) is 7.11 Å². The molecule has 0 radical (unpaired) electrons. The number of hydrogen-bond donors (Lipinski definition) is 0. The van der Waals surface area contributed by atoms with Crippen LogP contribution in [0.4, 0.5) is 0 Å². The summed E-state index contributed by atoms with van der Waals surface area (Å²) in [5, 5.41) is 2.05. The Labute approximate surface area is 237 Å². The third kappa shape index (κ3) is 4.50. The molecule has 0 saturated carbocycles. The molecular formula is C32H22Br2O2S. The first-order valence-corrected chi connectivity index (χ1v) is 14.2. The van der Waals surface area contributed by atoms with Crippen LogP contribution in [0.2, 0.25) is 0 Å². The minimum Gasteiger partial charge on any atom is -0.496 e. The molecule has 0 bridgehead atoms. The SMILES string of the molecule is COc1cc2c(c3ccccc13)OC(c1ccc(Br)cc1)(c1ccc(Br)cc1)C=C2Sc1ccccc1. The highest BCUT2D eigenvalue weighted by Gasteiger charge is 2.40. The molecule has 37 heavy (non-hydrogen) atoms. The Hall–Kier alpha value is -2.99. The molecule has 0 aromatic heterocycles. The minimum atomic E-state index is -0.830. The van der Waals surface area contributed by atoms with Crippen molar-refractivity contribution in [3.05, 3.63) is 141 Å². The molecule has 0 N–H and O–H groups in total. The molecule has 182 valence electrons. The van der Waals surface area contributed by atoms with Crippen molar-refractivity contribution in [2.24, 2.45) is 0 Å². The molecule has 0 saturated heterocycles. The van der Waals surface area contributed by atoms with E-state index in [4.69, 9.17) is 9.47 Å². The Bertz CT molecular complexity index is 1570. The summed E-state index contributed by atoms with van der Waals surface area (Å²) in [5.74, 6) is 1.68. The normalized spacial score (nSPS) is 14.0. The van der Waals surface area contributed by atoms with Gasteiger partial charge in [-0.15, -0.1) is 0 Å². The molecule has 0 amide bonds. The lowest BCUT2D eigenvalue weighted by Gasteiger charge is -2.38. The zero-order valence-electron chi connectivity index (χ0n) is 20.0. The average Bonchev–Trinajstić information content (AvgIpc) is 2.94. The quantitative estimate of drug-likeness (QED) is 0.193. The third-order valence-electron chi connectivity index (χ3n) is 6.56. The van der Waals surface area contributed by atoms with Gasteiger partial charge in [-0.1, -0.05) is 110 Å². The second-order valence-electron chi connectivity index (χ2n) is 8.78. The first-order chi connectivity index (χ1) is 18.1. The number of fused-ring (bicyclic) bond motifs is 3. The summed E-state index contributed by atoms with van der Waals surface area (Å²) in [5.41, 5.74) is 2.29. The highest BCUT2D eigenvalue weighted by Crippen LogP contribution is 2.53. The summed E-state index contributed by atoms with van der Waals surface area (Å²) in [6.45, 7) is 0. The Morgan fingerprint density at radius 3 is 1.86 bits per heavy atom. The van der Waals surface area contributed by atoms with Gasteiger partial charge in [0.25, 0.3) is 0 Å². The number of halogens is 2. The van der Waals surface area contributed by atoms with E-state index in [0.29, 0.717) is 0 Å². The van der Waals surface area contributed by atoms with Crippen molar-refractivity contribution < 1.29 is 9.47 Å². The van der Waals surface area contributed by atoms with Crippen LogP contribution in [0.3, 0.4) is 0 Å². The molecule has 1 heterocycles. The van der Waals surface area contributed by atoms with E-state index >= 15 is 0 Å². The molecular weight excluding hydrogens is 608 g/mol. The molecule has 0 atom stereocenters. The van der Waals surface area contributed by atoms with Crippen molar-refractivity contribution in [2.45, 2.75) is 10.5 Å². The van der Waals surface area contributed by atoms with Gasteiger partial charge in [-0.3, -0.25) is 0 Å². The van der Waals surface area contributed by atoms with Gasteiger partial charge in [0.1, 0.15) is 11.5 Å². The lowest BCUT2D eigenvalue weighted by molar-refractivity contribution is 0.163. The maximum absolute atomic E-state index is 7.18. The van der Waals surface area contributed by atoms with Gasteiger partial charge in [0, 0.05) is 46.2 Å². The number of benzene rings is 5. The van der Waals surface area contributed by atoms with Crippen LogP contribution in [0.25, 0.3) is 15.7 Å². The van der Waals surface area contributed by atoms with Crippen LogP contribution in [-0.2, 0) is 5.60 Å². The Balaban J connectivity index is 1.67. The predicted molar refractivity (Wildman–Crippen MR) is 160 cm³/mol. The van der Waals surface area contributed by atoms with E-state index in [1.165, 1.54) is 0 Å². The number of rotatable bonds is 5. The van der Waals surface area contributed by atoms with Crippen molar-refractivity contribution in [3.63, 3.8) is 0 Å². The van der Waals surface area contributed by atoms with Crippen LogP contribution in [0.15, 0.2) is 129 Å². The van der Waals surface area contributed by atoms with E-state index < -0.39 is 5.60 Å². The summed E-state index contributed by atoms with van der Waals surface area (Å²) >= 11 is 8.95. The van der Waals surface area contributed by atoms with Crippen molar-refractivity contribution in [2.75, 3.05) is 7.11 Å². The summed E-state index contributed by atoms with van der Waals surface area (Å²) in [7, 11) is 1.72. The van der Waals surface area contributed by atoms with Crippen molar-refractivity contribution in [1.29, 1.82) is 0 Å². The molecule has 0 spiro atoms. The van der Waals surface area contributed by atoms with Gasteiger partial charge >= 0.3 is 0 Å². The van der Waals surface area contributed by atoms with Crippen LogP contribution < -0.4 is 9.47 Å². The average molecular weight is 630 g/mol. The van der Waals surface area contributed by atoms with Gasteiger partial charge in [0.15, 0.2) is 5.60 Å². The van der Waals surface area contributed by atoms with E-state index in [-0.39, 0.29) is 0 Å². The fourth-order valence-corrected chi connectivity index (χ4v) is 6.34. The molecule has 0 fully saturated rings. The molecule has 1 aliphatic rings. The van der Waals surface area contributed by atoms with Crippen LogP contribution >= 0.6 is 43.6 Å². The largest absolute Gasteiger partial charge is 0.496 e. The van der Waals surface area contributed by atoms with Crippen LogP contribution in [0.5, 0.6) is 11.5 Å². The molecule has 5 heteroatoms. The minimum absolute atomic E-state index is 0.830. The number of hydrogen-bond acceptors (Lipinski definition) is 3. The Morgan fingerprint density at radius 1 is 0.703 bits per heavy atom. The molecule has 0 aliphatic carbocycles. The van der Waals surface area contributed by atoms with E-state index in [1.807, 2.05) is 12.1 Å². The summed E-state index contributed by atoms with van der Waals surface area (Å²) in [4.78, 5) is 2.27. The van der Waals surface area contributed by atoms with Gasteiger partial charge in [-0.05, 0) is 48.5 Å². The third-order valence-corrected chi connectivity index (χ3v) is 8.68. The summed E-state index contributed by atoms with van der Waals surface area (Å²) < 4.78 is 15.1. The summed E-state index contributed by atoms with van der Waals surface area (Å²) in [6, 6.07) is 37.6. The summed E-state index contributed by atoms with van der Waals surface area (Å²) in [6.07, 6.45) is 2.26. The zero-order chi connectivity index (χ0) is 25.4. The van der Waals surface area contributed by atoms with Crippen LogP contribution in [0.1, 0.15) is 16.7 Å². The highest BCUT2D eigenvalue weighted by molar-refractivity contribution is 9.10. The number of ether oxygens (including phenoxy) is 2. The Kier molecular flexibility index (Phi) is 6.62. The predicted octanol–water partition coefficient (Wildman–Crippen LogP) is 9.84. The van der Waals surface area contributed by atoms with Crippen molar-refractivity contribution in [3.8, 4) is 11.5 Å². The maximum Gasteiger partial charge on any atom is 0.179 e. The number of methoxy groups -OCH3 is 1. The van der Waals surface area contributed by atoms with Crippen molar-refractivity contribution >= 4 is 59.3 Å². The van der Waals surface area contributed by atoms with Gasteiger partial charge in [0.2, 0.25) is 0 Å². The topological polar surface area (TPSA) is 18.5 Å². The fraction of sp³-hybridized carbons (Fsp3) is 0.0625. The van der Waals surface area contributed by atoms with Gasteiger partial charge in [-0.25, -0.2) is 0 Å². The lowest BCUT2D eigenvalue weighted by Crippen LogP contribution is -2.35. The van der Waals surface area contributed by atoms with Gasteiger partial charge in [-0.2, -0.15) is 0 Å². The number of thioether (sulfide) groups is 1. The standard InChI is InChI=1S/C32H22Br2O2S/c1-35-29-19-28-30(37-25-7-3-2-4-8-25)20-32(21-11-15-23(33)16-12-21,22-13-17-24(34)18-14-22)36-31(28)27-10-6-5-9-26(27)29/h2-20H,1H3. The van der Waals surface area contributed by atoms with Crippen molar-refractivity contribution in [1.82, 2.24) is 0 Å². The van der Waals surface area contributed by atoms with E-state index in [2.05, 4.69) is 135 Å². The molecule has 0 unspecified atom stereocenters. The fourth-order valence-electron chi connectivity index (χ4n) is 4.78. The lowest BCUT2D eigenvalue weighted by atomic mass is 9.83. The first-order valence-electron chi connectivity index (χ1n) is 11.8. The van der Waals surface area contributed by atoms with E-state index in [9.17, 15) is 0 Å². The van der Waals surface area contributed by atoms with E-state index in [0.717, 1.165) is 57.7 Å². The van der Waals surface area contributed by atoms with E-state index in [1.54, 1.807) is 18.9 Å². The zero-order valence-corrected chi connectivity index (χ0v) is 23.9.